The molecule has 0 aromatic carbocycles. The van der Waals surface area contributed by atoms with Crippen LogP contribution in [-0.2, 0) is 13.5 Å². The number of carbonyl (C=O) groups excluding carboxylic acids is 1. The number of hydrogen-bond acceptors (Lipinski definition) is 3. The Kier molecular flexibility index (Phi) is 3.35. The maximum absolute atomic E-state index is 12.1. The Hall–Kier alpha value is -1.13. The summed E-state index contributed by atoms with van der Waals surface area (Å²) in [4.78, 5) is 14.0. The normalized spacial score (nSPS) is 10.8. The van der Waals surface area contributed by atoms with Crippen LogP contribution in [0, 0.1) is 13.8 Å². The number of rotatable bonds is 3. The third kappa shape index (κ3) is 2.42. The zero-order valence-electron chi connectivity index (χ0n) is 9.95. The summed E-state index contributed by atoms with van der Waals surface area (Å²) in [5, 5.41) is 4.79. The van der Waals surface area contributed by atoms with Crippen LogP contribution in [0.3, 0.4) is 0 Å². The van der Waals surface area contributed by atoms with Crippen molar-refractivity contribution in [2.75, 3.05) is 0 Å². The van der Waals surface area contributed by atoms with E-state index in [1.807, 2.05) is 26.0 Å². The van der Waals surface area contributed by atoms with Crippen LogP contribution in [0.2, 0.25) is 5.02 Å². The van der Waals surface area contributed by atoms with Gasteiger partial charge in [0.2, 0.25) is 0 Å². The zero-order chi connectivity index (χ0) is 12.6. The summed E-state index contributed by atoms with van der Waals surface area (Å²) in [6, 6.07) is 3.81. The van der Waals surface area contributed by atoms with Gasteiger partial charge in [0, 0.05) is 11.9 Å². The van der Waals surface area contributed by atoms with Crippen LogP contribution in [0.1, 0.15) is 25.9 Å². The molecule has 2 heterocycles. The van der Waals surface area contributed by atoms with Gasteiger partial charge in [-0.1, -0.05) is 11.6 Å². The van der Waals surface area contributed by atoms with E-state index < -0.39 is 0 Å². The second-order valence-electron chi connectivity index (χ2n) is 3.98. The fourth-order valence-electron chi connectivity index (χ4n) is 1.70. The quantitative estimate of drug-likeness (QED) is 0.802. The van der Waals surface area contributed by atoms with Crippen LogP contribution in [-0.4, -0.2) is 15.6 Å². The Balaban J connectivity index is 2.24. The summed E-state index contributed by atoms with van der Waals surface area (Å²) in [5.74, 6) is 0.0907. The predicted octanol–water partition coefficient (Wildman–Crippen LogP) is 3.18. The minimum Gasteiger partial charge on any atom is -0.293 e. The molecule has 0 atom stereocenters. The van der Waals surface area contributed by atoms with E-state index in [-0.39, 0.29) is 5.78 Å². The van der Waals surface area contributed by atoms with Crippen molar-refractivity contribution in [1.29, 1.82) is 0 Å². The van der Waals surface area contributed by atoms with Gasteiger partial charge in [-0.15, -0.1) is 11.3 Å². The molecule has 0 fully saturated rings. The molecule has 17 heavy (non-hydrogen) atoms. The second-order valence-corrected chi connectivity index (χ2v) is 5.65. The van der Waals surface area contributed by atoms with Crippen LogP contribution < -0.4 is 0 Å². The number of nitrogens with zero attached hydrogens (tertiary/aromatic N) is 2. The first kappa shape index (κ1) is 12.3. The highest BCUT2D eigenvalue weighted by atomic mass is 35.5. The summed E-state index contributed by atoms with van der Waals surface area (Å²) in [5.41, 5.74) is 1.54. The van der Waals surface area contributed by atoms with Gasteiger partial charge < -0.3 is 0 Å². The number of aromatic nitrogens is 2. The van der Waals surface area contributed by atoms with Crippen molar-refractivity contribution < 1.29 is 4.79 Å². The fraction of sp³-hybridized carbons (Fsp3) is 0.333. The number of carbonyl (C=O) groups is 1. The highest BCUT2D eigenvalue weighted by Gasteiger charge is 2.16. The highest BCUT2D eigenvalue weighted by molar-refractivity contribution is 7.14. The molecule has 0 saturated carbocycles. The first-order valence-corrected chi connectivity index (χ1v) is 6.46. The molecule has 0 aliphatic carbocycles. The van der Waals surface area contributed by atoms with Crippen molar-refractivity contribution in [2.45, 2.75) is 20.3 Å². The van der Waals surface area contributed by atoms with Crippen molar-refractivity contribution in [2.24, 2.45) is 7.05 Å². The van der Waals surface area contributed by atoms with E-state index in [1.54, 1.807) is 11.7 Å². The van der Waals surface area contributed by atoms with E-state index in [0.717, 1.165) is 21.1 Å². The highest BCUT2D eigenvalue weighted by Crippen LogP contribution is 2.23. The molecular formula is C12H13ClN2OS. The molecule has 0 aliphatic rings. The number of aryl methyl sites for hydroxylation is 3. The molecule has 2 rings (SSSR count). The number of ketones is 1. The molecular weight excluding hydrogens is 256 g/mol. The summed E-state index contributed by atoms with van der Waals surface area (Å²) in [6.45, 7) is 3.83. The van der Waals surface area contributed by atoms with E-state index in [1.165, 1.54) is 11.3 Å². The van der Waals surface area contributed by atoms with Gasteiger partial charge in [0.25, 0.3) is 0 Å². The number of thiophene rings is 1. The molecule has 5 heteroatoms. The second kappa shape index (κ2) is 4.63. The molecule has 0 amide bonds. The molecule has 2 aromatic heterocycles. The van der Waals surface area contributed by atoms with Gasteiger partial charge in [-0.05, 0) is 26.0 Å². The maximum atomic E-state index is 12.1. The van der Waals surface area contributed by atoms with Gasteiger partial charge in [-0.25, -0.2) is 0 Å². The first-order valence-electron chi connectivity index (χ1n) is 5.26. The molecule has 0 spiro atoms. The largest absolute Gasteiger partial charge is 0.293 e. The zero-order valence-corrected chi connectivity index (χ0v) is 11.5. The Morgan fingerprint density at radius 3 is 2.65 bits per heavy atom. The molecule has 0 radical (unpaired) electrons. The standard InChI is InChI=1S/C12H13ClN2OS/c1-7-4-5-11(17-7)10(16)6-9-12(13)8(2)14-15(9)3/h4-5H,6H2,1-3H3. The SMILES string of the molecule is Cc1ccc(C(=O)Cc2c(Cl)c(C)nn2C)s1. The Morgan fingerprint density at radius 1 is 1.47 bits per heavy atom. The molecule has 0 bridgehead atoms. The molecule has 2 aromatic rings. The summed E-state index contributed by atoms with van der Waals surface area (Å²) in [6.07, 6.45) is 0.302. The monoisotopic (exact) mass is 268 g/mol. The number of Topliss-reactive ketones (excluding diaryl/α,β-unsaturated/α-hetero) is 1. The minimum absolute atomic E-state index is 0.0907. The van der Waals surface area contributed by atoms with Crippen molar-refractivity contribution in [1.82, 2.24) is 9.78 Å². The van der Waals surface area contributed by atoms with Crippen LogP contribution in [0.4, 0.5) is 0 Å². The molecule has 0 unspecified atom stereocenters. The lowest BCUT2D eigenvalue weighted by Crippen LogP contribution is -2.06. The lowest BCUT2D eigenvalue weighted by Gasteiger charge is -2.00. The Bertz CT molecular complexity index is 571. The van der Waals surface area contributed by atoms with Crippen LogP contribution in [0.15, 0.2) is 12.1 Å². The van der Waals surface area contributed by atoms with E-state index in [2.05, 4.69) is 5.10 Å². The first-order chi connectivity index (χ1) is 7.99. The maximum Gasteiger partial charge on any atom is 0.178 e. The van der Waals surface area contributed by atoms with Crippen molar-refractivity contribution in [3.8, 4) is 0 Å². The molecule has 0 aliphatic heterocycles. The van der Waals surface area contributed by atoms with Crippen LogP contribution in [0.25, 0.3) is 0 Å². The average Bonchev–Trinajstić information content (AvgIpc) is 2.79. The van der Waals surface area contributed by atoms with Gasteiger partial charge >= 0.3 is 0 Å². The topological polar surface area (TPSA) is 34.9 Å². The van der Waals surface area contributed by atoms with E-state index >= 15 is 0 Å². The van der Waals surface area contributed by atoms with Crippen molar-refractivity contribution >= 4 is 28.7 Å². The number of hydrogen-bond donors (Lipinski definition) is 0. The minimum atomic E-state index is 0.0907. The van der Waals surface area contributed by atoms with Crippen LogP contribution in [0.5, 0.6) is 0 Å². The van der Waals surface area contributed by atoms with Crippen molar-refractivity contribution in [3.63, 3.8) is 0 Å². The average molecular weight is 269 g/mol. The molecule has 0 N–H and O–H groups in total. The fourth-order valence-corrected chi connectivity index (χ4v) is 2.73. The summed E-state index contributed by atoms with van der Waals surface area (Å²) < 4.78 is 1.68. The third-order valence-corrected chi connectivity index (χ3v) is 4.14. The van der Waals surface area contributed by atoms with Gasteiger partial charge in [-0.3, -0.25) is 9.48 Å². The van der Waals surface area contributed by atoms with Crippen LogP contribution >= 0.6 is 22.9 Å². The predicted molar refractivity (Wildman–Crippen MR) is 70.0 cm³/mol. The lowest BCUT2D eigenvalue weighted by atomic mass is 10.2. The van der Waals surface area contributed by atoms with Gasteiger partial charge in [0.1, 0.15) is 0 Å². The van der Waals surface area contributed by atoms with Crippen molar-refractivity contribution in [3.05, 3.63) is 38.3 Å². The van der Waals surface area contributed by atoms with E-state index in [4.69, 9.17) is 11.6 Å². The molecule has 0 saturated heterocycles. The van der Waals surface area contributed by atoms with E-state index in [9.17, 15) is 4.79 Å². The third-order valence-electron chi connectivity index (χ3n) is 2.60. The smallest absolute Gasteiger partial charge is 0.178 e. The summed E-state index contributed by atoms with van der Waals surface area (Å²) in [7, 11) is 1.81. The van der Waals surface area contributed by atoms with Gasteiger partial charge in [0.15, 0.2) is 5.78 Å². The Labute approximate surface area is 109 Å². The Morgan fingerprint density at radius 2 is 2.18 bits per heavy atom. The molecule has 3 nitrogen and oxygen atoms in total. The van der Waals surface area contributed by atoms with Gasteiger partial charge in [0.05, 0.1) is 27.7 Å². The number of halogens is 1. The molecule has 90 valence electrons. The van der Waals surface area contributed by atoms with E-state index in [0.29, 0.717) is 11.4 Å². The summed E-state index contributed by atoms with van der Waals surface area (Å²) >= 11 is 7.63. The lowest BCUT2D eigenvalue weighted by molar-refractivity contribution is 0.0994. The van der Waals surface area contributed by atoms with Gasteiger partial charge in [-0.2, -0.15) is 5.10 Å².